The molecule has 1 amide bonds. The van der Waals surface area contributed by atoms with Gasteiger partial charge in [0.05, 0.1) is 17.6 Å². The average molecular weight is 527 g/mol. The van der Waals surface area contributed by atoms with E-state index >= 15 is 0 Å². The summed E-state index contributed by atoms with van der Waals surface area (Å²) >= 11 is 0. The molecule has 0 saturated heterocycles. The molecule has 0 radical (unpaired) electrons. The number of amides is 1. The number of aliphatic hydroxyl groups is 1. The number of rotatable bonds is 9. The van der Waals surface area contributed by atoms with E-state index in [9.17, 15) is 18.0 Å². The fraction of sp³-hybridized carbons (Fsp3) is 0.240. The number of nitrogens with zero attached hydrogens (tertiary/aromatic N) is 5. The fourth-order valence-electron chi connectivity index (χ4n) is 3.50. The quantitative estimate of drug-likeness (QED) is 0.254. The minimum absolute atomic E-state index is 0.0137. The highest BCUT2D eigenvalue weighted by molar-refractivity contribution is 5.98. The smallest absolute Gasteiger partial charge is 0.396 e. The normalized spacial score (nSPS) is 11.3. The molecule has 3 heterocycles. The summed E-state index contributed by atoms with van der Waals surface area (Å²) in [6.45, 7) is 2.41. The summed E-state index contributed by atoms with van der Waals surface area (Å²) in [5, 5.41) is 21.2. The van der Waals surface area contributed by atoms with E-state index in [1.807, 2.05) is 19.1 Å². The van der Waals surface area contributed by atoms with Gasteiger partial charge in [0.15, 0.2) is 5.69 Å². The second kappa shape index (κ2) is 11.3. The monoisotopic (exact) mass is 526 g/mol. The Kier molecular flexibility index (Phi) is 7.86. The Morgan fingerprint density at radius 1 is 1.05 bits per heavy atom. The lowest BCUT2D eigenvalue weighted by molar-refractivity contribution is -0.137. The van der Waals surface area contributed by atoms with Crippen LogP contribution in [0.4, 0.5) is 36.3 Å². The van der Waals surface area contributed by atoms with Crippen LogP contribution in [0.2, 0.25) is 0 Å². The molecule has 0 spiro atoms. The van der Waals surface area contributed by atoms with Gasteiger partial charge in [-0.25, -0.2) is 9.97 Å². The Morgan fingerprint density at radius 2 is 1.82 bits per heavy atom. The third-order valence-electron chi connectivity index (χ3n) is 5.47. The van der Waals surface area contributed by atoms with E-state index in [4.69, 9.17) is 5.11 Å². The highest BCUT2D eigenvalue weighted by atomic mass is 19.4. The molecule has 3 aromatic heterocycles. The maximum Gasteiger partial charge on any atom is 0.421 e. The van der Waals surface area contributed by atoms with E-state index in [0.29, 0.717) is 36.1 Å². The van der Waals surface area contributed by atoms with Crippen LogP contribution in [0.1, 0.15) is 28.0 Å². The molecule has 0 saturated carbocycles. The molecular formula is C25H25F3N8O2. The molecule has 0 bridgehead atoms. The van der Waals surface area contributed by atoms with Gasteiger partial charge in [-0.15, -0.1) is 0 Å². The van der Waals surface area contributed by atoms with Gasteiger partial charge in [0.1, 0.15) is 11.4 Å². The molecule has 10 nitrogen and oxygen atoms in total. The number of nitrogens with one attached hydrogen (secondary N) is 3. The minimum Gasteiger partial charge on any atom is -0.396 e. The molecule has 4 N–H and O–H groups in total. The highest BCUT2D eigenvalue weighted by Gasteiger charge is 2.35. The lowest BCUT2D eigenvalue weighted by atomic mass is 10.1. The summed E-state index contributed by atoms with van der Waals surface area (Å²) in [6.07, 6.45) is -0.311. The zero-order chi connectivity index (χ0) is 27.3. The number of aromatic nitrogens is 5. The predicted molar refractivity (Wildman–Crippen MR) is 135 cm³/mol. The van der Waals surface area contributed by atoms with Crippen LogP contribution in [0.3, 0.4) is 0 Å². The Labute approximate surface area is 216 Å². The van der Waals surface area contributed by atoms with Crippen molar-refractivity contribution in [2.24, 2.45) is 0 Å². The molecule has 0 aliphatic heterocycles. The summed E-state index contributed by atoms with van der Waals surface area (Å²) in [7, 11) is 1.39. The van der Waals surface area contributed by atoms with Crippen LogP contribution in [-0.2, 0) is 12.7 Å². The first-order chi connectivity index (χ1) is 18.2. The Bertz CT molecular complexity index is 1420. The van der Waals surface area contributed by atoms with Gasteiger partial charge in [0.2, 0.25) is 5.95 Å². The van der Waals surface area contributed by atoms with Crippen molar-refractivity contribution in [2.45, 2.75) is 26.1 Å². The Balaban J connectivity index is 1.69. The molecule has 198 valence electrons. The van der Waals surface area contributed by atoms with Crippen LogP contribution in [0.25, 0.3) is 11.3 Å². The lowest BCUT2D eigenvalue weighted by Crippen LogP contribution is -2.21. The Hall–Kier alpha value is -4.52. The number of aryl methyl sites for hydroxylation is 2. The summed E-state index contributed by atoms with van der Waals surface area (Å²) in [6, 6.07) is 10.2. The molecule has 4 aromatic rings. The fourth-order valence-corrected chi connectivity index (χ4v) is 3.50. The topological polar surface area (TPSA) is 130 Å². The van der Waals surface area contributed by atoms with Crippen molar-refractivity contribution >= 4 is 29.0 Å². The van der Waals surface area contributed by atoms with Crippen molar-refractivity contribution in [3.8, 4) is 11.3 Å². The number of hydrogen-bond acceptors (Lipinski definition) is 8. The minimum atomic E-state index is -4.76. The largest absolute Gasteiger partial charge is 0.421 e. The third-order valence-corrected chi connectivity index (χ3v) is 5.47. The van der Waals surface area contributed by atoms with Crippen LogP contribution < -0.4 is 16.0 Å². The zero-order valence-corrected chi connectivity index (χ0v) is 20.5. The molecule has 0 aliphatic rings. The van der Waals surface area contributed by atoms with Gasteiger partial charge in [0, 0.05) is 43.8 Å². The van der Waals surface area contributed by atoms with E-state index < -0.39 is 23.5 Å². The lowest BCUT2D eigenvalue weighted by Gasteiger charge is -2.16. The van der Waals surface area contributed by atoms with Crippen LogP contribution in [-0.4, -0.2) is 49.4 Å². The number of anilines is 4. The number of aliphatic hydroxyl groups excluding tert-OH is 1. The van der Waals surface area contributed by atoms with Gasteiger partial charge in [-0.1, -0.05) is 17.7 Å². The number of benzene rings is 1. The second-order valence-corrected chi connectivity index (χ2v) is 8.31. The number of pyridine rings is 1. The molecule has 0 unspecified atom stereocenters. The summed E-state index contributed by atoms with van der Waals surface area (Å²) < 4.78 is 43.0. The maximum atomic E-state index is 13.8. The first kappa shape index (κ1) is 26.5. The van der Waals surface area contributed by atoms with Gasteiger partial charge < -0.3 is 21.1 Å². The molecule has 0 atom stereocenters. The van der Waals surface area contributed by atoms with Crippen LogP contribution in [0.15, 0.2) is 55.0 Å². The van der Waals surface area contributed by atoms with Crippen LogP contribution in [0.5, 0.6) is 0 Å². The Morgan fingerprint density at radius 3 is 2.50 bits per heavy atom. The van der Waals surface area contributed by atoms with Gasteiger partial charge in [-0.05, 0) is 37.6 Å². The van der Waals surface area contributed by atoms with Crippen molar-refractivity contribution < 1.29 is 23.1 Å². The highest BCUT2D eigenvalue weighted by Crippen LogP contribution is 2.36. The van der Waals surface area contributed by atoms with Crippen molar-refractivity contribution in [1.82, 2.24) is 30.0 Å². The number of alkyl halides is 3. The standard InChI is InChI=1S/C25H25F3N8O2/c1-15-4-6-17(7-5-15)32-24-30-13-18(25(26,27)28)22(35-24)34-20-9-8-19(33-21(20)23(38)29-2)16-12-31-36(14-16)10-3-11-37/h4-9,12-14,37H,3,10-11H2,1-2H3,(H,29,38)(H2,30,32,34,35). The molecule has 1 aromatic carbocycles. The number of carbonyl (C=O) groups is 1. The average Bonchev–Trinajstić information content (AvgIpc) is 3.37. The van der Waals surface area contributed by atoms with E-state index in [-0.39, 0.29) is 23.9 Å². The number of carbonyl (C=O) groups excluding carboxylic acids is 1. The molecule has 13 heteroatoms. The molecule has 4 rings (SSSR count). The number of hydrogen-bond donors (Lipinski definition) is 4. The van der Waals surface area contributed by atoms with Gasteiger partial charge in [-0.2, -0.15) is 23.3 Å². The van der Waals surface area contributed by atoms with Crippen LogP contribution >= 0.6 is 0 Å². The third kappa shape index (κ3) is 6.24. The molecule has 0 aliphatic carbocycles. The van der Waals surface area contributed by atoms with Gasteiger partial charge in [0.25, 0.3) is 5.91 Å². The maximum absolute atomic E-state index is 13.8. The van der Waals surface area contributed by atoms with E-state index in [1.54, 1.807) is 35.3 Å². The summed E-state index contributed by atoms with van der Waals surface area (Å²) in [5.74, 6) is -1.22. The SMILES string of the molecule is CNC(=O)c1nc(-c2cnn(CCCO)c2)ccc1Nc1nc(Nc2ccc(C)cc2)ncc1C(F)(F)F. The molecule has 38 heavy (non-hydrogen) atoms. The van der Waals surface area contributed by atoms with Gasteiger partial charge in [-0.3, -0.25) is 9.48 Å². The zero-order valence-electron chi connectivity index (χ0n) is 20.5. The van der Waals surface area contributed by atoms with Crippen molar-refractivity contribution in [1.29, 1.82) is 0 Å². The van der Waals surface area contributed by atoms with Gasteiger partial charge >= 0.3 is 6.18 Å². The van der Waals surface area contributed by atoms with E-state index in [1.165, 1.54) is 13.1 Å². The van der Waals surface area contributed by atoms with E-state index in [0.717, 1.165) is 5.56 Å². The van der Waals surface area contributed by atoms with E-state index in [2.05, 4.69) is 36.0 Å². The number of halogens is 3. The molecule has 0 fully saturated rings. The van der Waals surface area contributed by atoms with Crippen molar-refractivity contribution in [3.63, 3.8) is 0 Å². The predicted octanol–water partition coefficient (Wildman–Crippen LogP) is 4.29. The summed E-state index contributed by atoms with van der Waals surface area (Å²) in [4.78, 5) is 24.9. The second-order valence-electron chi connectivity index (χ2n) is 8.31. The van der Waals surface area contributed by atoms with Crippen LogP contribution in [0, 0.1) is 6.92 Å². The van der Waals surface area contributed by atoms with Crippen molar-refractivity contribution in [3.05, 3.63) is 71.8 Å². The summed E-state index contributed by atoms with van der Waals surface area (Å²) in [5.41, 5.74) is 1.38. The molecular weight excluding hydrogens is 501 g/mol. The van der Waals surface area contributed by atoms with Crippen molar-refractivity contribution in [2.75, 3.05) is 24.3 Å². The first-order valence-electron chi connectivity index (χ1n) is 11.6. The first-order valence-corrected chi connectivity index (χ1v) is 11.6.